The minimum absolute atomic E-state index is 0.000831. The molecular weight excluding hydrogens is 490 g/mol. The Balaban J connectivity index is 1.60. The largest absolute Gasteiger partial charge is 0.477 e. The van der Waals surface area contributed by atoms with Crippen LogP contribution in [0.3, 0.4) is 0 Å². The summed E-state index contributed by atoms with van der Waals surface area (Å²) in [6, 6.07) is 0. The SMILES string of the molecule is COC(=O)COC1=C(C)C2=CC=C3[C@@](C)(CC[C@@]4(C)[C@]5(C)C[C@](C)(C(N)O)CC[C@]5(C)CC[C@]34C)C2=CC1=O. The van der Waals surface area contributed by atoms with Crippen molar-refractivity contribution in [3.63, 3.8) is 0 Å². The van der Waals surface area contributed by atoms with Gasteiger partial charge in [0.25, 0.3) is 0 Å². The summed E-state index contributed by atoms with van der Waals surface area (Å²) < 4.78 is 10.3. The van der Waals surface area contributed by atoms with Gasteiger partial charge in [0.1, 0.15) is 6.23 Å². The van der Waals surface area contributed by atoms with E-state index in [2.05, 4.69) is 53.7 Å². The maximum absolute atomic E-state index is 13.3. The summed E-state index contributed by atoms with van der Waals surface area (Å²) in [5.41, 5.74) is 10.0. The number of hydrogen-bond donors (Lipinski definition) is 2. The van der Waals surface area contributed by atoms with E-state index in [1.165, 1.54) is 12.7 Å². The Morgan fingerprint density at radius 1 is 1.00 bits per heavy atom. The number of hydrogen-bond acceptors (Lipinski definition) is 6. The van der Waals surface area contributed by atoms with Crippen molar-refractivity contribution in [2.75, 3.05) is 13.7 Å². The summed E-state index contributed by atoms with van der Waals surface area (Å²) in [6.45, 7) is 16.0. The lowest BCUT2D eigenvalue weighted by atomic mass is 9.29. The van der Waals surface area contributed by atoms with Gasteiger partial charge in [-0.05, 0) is 90.8 Å². The van der Waals surface area contributed by atoms with Crippen LogP contribution in [0.25, 0.3) is 0 Å². The average molecular weight is 538 g/mol. The van der Waals surface area contributed by atoms with Crippen LogP contribution in [0.2, 0.25) is 0 Å². The zero-order chi connectivity index (χ0) is 28.8. The quantitative estimate of drug-likeness (QED) is 0.342. The van der Waals surface area contributed by atoms with E-state index in [-0.39, 0.29) is 50.6 Å². The molecule has 5 aliphatic carbocycles. The molecule has 214 valence electrons. The molecule has 0 radical (unpaired) electrons. The van der Waals surface area contributed by atoms with E-state index in [0.29, 0.717) is 0 Å². The van der Waals surface area contributed by atoms with Crippen molar-refractivity contribution in [2.45, 2.75) is 99.6 Å². The molecule has 5 rings (SSSR count). The summed E-state index contributed by atoms with van der Waals surface area (Å²) >= 11 is 0. The van der Waals surface area contributed by atoms with Gasteiger partial charge in [-0.15, -0.1) is 0 Å². The maximum Gasteiger partial charge on any atom is 0.343 e. The van der Waals surface area contributed by atoms with Crippen LogP contribution in [0.4, 0.5) is 0 Å². The lowest BCUT2D eigenvalue weighted by molar-refractivity contribution is -0.234. The summed E-state index contributed by atoms with van der Waals surface area (Å²) in [4.78, 5) is 25.0. The molecule has 3 saturated carbocycles. The molecule has 6 nitrogen and oxygen atoms in total. The number of ether oxygens (including phenoxy) is 2. The van der Waals surface area contributed by atoms with Gasteiger partial charge in [-0.2, -0.15) is 0 Å². The Labute approximate surface area is 233 Å². The van der Waals surface area contributed by atoms with Crippen LogP contribution >= 0.6 is 0 Å². The van der Waals surface area contributed by atoms with Crippen LogP contribution in [0.1, 0.15) is 93.4 Å². The Hall–Kier alpha value is -2.18. The normalized spacial score (nSPS) is 44.1. The molecule has 0 aromatic heterocycles. The van der Waals surface area contributed by atoms with Gasteiger partial charge in [0.15, 0.2) is 12.4 Å². The molecule has 1 unspecified atom stereocenters. The smallest absolute Gasteiger partial charge is 0.343 e. The van der Waals surface area contributed by atoms with Crippen molar-refractivity contribution < 1.29 is 24.2 Å². The summed E-state index contributed by atoms with van der Waals surface area (Å²) in [5.74, 6) is -0.471. The molecule has 0 aromatic rings. The van der Waals surface area contributed by atoms with Gasteiger partial charge in [0.2, 0.25) is 5.78 Å². The monoisotopic (exact) mass is 537 g/mol. The predicted molar refractivity (Wildman–Crippen MR) is 151 cm³/mol. The first-order valence-electron chi connectivity index (χ1n) is 14.6. The molecule has 0 aliphatic heterocycles. The van der Waals surface area contributed by atoms with E-state index in [9.17, 15) is 14.7 Å². The predicted octanol–water partition coefficient (Wildman–Crippen LogP) is 5.91. The number of nitrogens with two attached hydrogens (primary N) is 1. The minimum atomic E-state index is -0.826. The third kappa shape index (κ3) is 3.52. The molecule has 0 aromatic carbocycles. The number of allylic oxidation sites excluding steroid dienone is 7. The lowest BCUT2D eigenvalue weighted by Gasteiger charge is -2.75. The number of aliphatic hydroxyl groups is 1. The van der Waals surface area contributed by atoms with Crippen LogP contribution in [-0.2, 0) is 19.1 Å². The second kappa shape index (κ2) is 8.66. The van der Waals surface area contributed by atoms with Gasteiger partial charge in [0.05, 0.1) is 7.11 Å². The molecule has 6 heteroatoms. The van der Waals surface area contributed by atoms with Crippen molar-refractivity contribution in [3.05, 3.63) is 46.3 Å². The maximum atomic E-state index is 13.3. The summed E-state index contributed by atoms with van der Waals surface area (Å²) in [7, 11) is 1.31. The van der Waals surface area contributed by atoms with Crippen LogP contribution in [0, 0.1) is 32.5 Å². The third-order valence-electron chi connectivity index (χ3n) is 13.1. The van der Waals surface area contributed by atoms with Crippen LogP contribution in [0.5, 0.6) is 0 Å². The van der Waals surface area contributed by atoms with Gasteiger partial charge in [-0.1, -0.05) is 59.3 Å². The van der Waals surface area contributed by atoms with Gasteiger partial charge < -0.3 is 20.3 Å². The highest BCUT2D eigenvalue weighted by molar-refractivity contribution is 6.07. The van der Waals surface area contributed by atoms with Crippen molar-refractivity contribution in [2.24, 2.45) is 38.2 Å². The molecule has 7 atom stereocenters. The number of esters is 1. The number of carbonyl (C=O) groups excluding carboxylic acids is 2. The Bertz CT molecular complexity index is 1260. The topological polar surface area (TPSA) is 98.8 Å². The second-order valence-corrected chi connectivity index (χ2v) is 14.6. The number of ketones is 1. The molecule has 3 N–H and O–H groups in total. The fourth-order valence-electron chi connectivity index (χ4n) is 9.74. The van der Waals surface area contributed by atoms with Gasteiger partial charge in [-0.3, -0.25) is 4.79 Å². The van der Waals surface area contributed by atoms with E-state index < -0.39 is 12.2 Å². The van der Waals surface area contributed by atoms with E-state index in [1.54, 1.807) is 6.08 Å². The lowest BCUT2D eigenvalue weighted by Crippen LogP contribution is -2.67. The minimum Gasteiger partial charge on any atom is -0.477 e. The molecule has 0 amide bonds. The molecule has 0 heterocycles. The highest BCUT2D eigenvalue weighted by Gasteiger charge is 2.71. The first-order valence-corrected chi connectivity index (χ1v) is 14.6. The van der Waals surface area contributed by atoms with Crippen LogP contribution in [0.15, 0.2) is 46.3 Å². The molecule has 0 spiro atoms. The van der Waals surface area contributed by atoms with E-state index in [0.717, 1.165) is 61.7 Å². The Kier molecular flexibility index (Phi) is 6.29. The molecule has 3 fully saturated rings. The third-order valence-corrected chi connectivity index (χ3v) is 13.1. The van der Waals surface area contributed by atoms with Gasteiger partial charge in [-0.25, -0.2) is 4.79 Å². The van der Waals surface area contributed by atoms with Crippen LogP contribution < -0.4 is 5.73 Å². The molecular formula is C33H47NO5. The fourth-order valence-corrected chi connectivity index (χ4v) is 9.74. The number of fused-ring (bicyclic) bond motifs is 7. The zero-order valence-corrected chi connectivity index (χ0v) is 25.1. The summed E-state index contributed by atoms with van der Waals surface area (Å²) in [6.07, 6.45) is 12.6. The number of aliphatic hydroxyl groups excluding tert-OH is 1. The molecule has 5 aliphatic rings. The van der Waals surface area contributed by atoms with Gasteiger partial charge in [0, 0.05) is 16.4 Å². The van der Waals surface area contributed by atoms with Crippen molar-refractivity contribution in [1.82, 2.24) is 0 Å². The second-order valence-electron chi connectivity index (χ2n) is 14.6. The standard InChI is InChI=1S/C33H47NO5/c1-20-21-9-10-24-30(4,22(21)17-23(35)26(20)39-18-25(36)38-8)14-16-32(6)31(24,5)15-13-29(3)12-11-28(2,27(34)37)19-33(29,32)7/h9-10,17,27,37H,11-16,18-19,34H2,1-8H3/t27?,28-,29-,30+,31-,32-,33-/m1/s1. The highest BCUT2D eigenvalue weighted by atomic mass is 16.6. The molecule has 0 bridgehead atoms. The van der Waals surface area contributed by atoms with Crippen molar-refractivity contribution >= 4 is 11.8 Å². The zero-order valence-electron chi connectivity index (χ0n) is 25.1. The van der Waals surface area contributed by atoms with Crippen LogP contribution in [-0.4, -0.2) is 36.8 Å². The number of methoxy groups -OCH3 is 1. The highest BCUT2D eigenvalue weighted by Crippen LogP contribution is 2.80. The molecule has 0 saturated heterocycles. The first kappa shape index (κ1) is 28.4. The van der Waals surface area contributed by atoms with Crippen molar-refractivity contribution in [1.29, 1.82) is 0 Å². The Morgan fingerprint density at radius 3 is 2.31 bits per heavy atom. The fraction of sp³-hybridized carbons (Fsp3) is 0.697. The number of carbonyl (C=O) groups is 2. The molecule has 39 heavy (non-hydrogen) atoms. The van der Waals surface area contributed by atoms with E-state index in [1.807, 2.05) is 6.92 Å². The van der Waals surface area contributed by atoms with Gasteiger partial charge >= 0.3 is 5.97 Å². The summed E-state index contributed by atoms with van der Waals surface area (Å²) in [5, 5.41) is 10.7. The Morgan fingerprint density at radius 2 is 1.67 bits per heavy atom. The van der Waals surface area contributed by atoms with E-state index in [4.69, 9.17) is 15.2 Å². The first-order chi connectivity index (χ1) is 18.0. The van der Waals surface area contributed by atoms with E-state index >= 15 is 0 Å². The average Bonchev–Trinajstić information content (AvgIpc) is 2.87. The number of rotatable bonds is 4. The van der Waals surface area contributed by atoms with Crippen molar-refractivity contribution in [3.8, 4) is 0 Å².